The Labute approximate surface area is 130 Å². The molecular formula is C14H17Br2NO2. The molecule has 0 aromatic heterocycles. The molecule has 2 rings (SSSR count). The number of halogens is 2. The Bertz CT molecular complexity index is 468. The Hall–Kier alpha value is -0.390. The predicted octanol–water partition coefficient (Wildman–Crippen LogP) is 3.90. The molecule has 1 aliphatic heterocycles. The van der Waals surface area contributed by atoms with Crippen molar-refractivity contribution in [3.8, 4) is 0 Å². The van der Waals surface area contributed by atoms with Gasteiger partial charge in [0.05, 0.1) is 5.60 Å². The first kappa shape index (κ1) is 15.0. The van der Waals surface area contributed by atoms with E-state index in [-0.39, 0.29) is 17.6 Å². The van der Waals surface area contributed by atoms with Gasteiger partial charge in [-0.15, -0.1) is 0 Å². The highest BCUT2D eigenvalue weighted by atomic mass is 79.9. The summed E-state index contributed by atoms with van der Waals surface area (Å²) in [6.45, 7) is 4.81. The normalized spacial score (nSPS) is 22.0. The summed E-state index contributed by atoms with van der Waals surface area (Å²) in [6.07, 6.45) is 1.71. The van der Waals surface area contributed by atoms with E-state index in [1.807, 2.05) is 18.2 Å². The molecule has 1 atom stereocenters. The maximum absolute atomic E-state index is 12.2. The van der Waals surface area contributed by atoms with Gasteiger partial charge in [0.15, 0.2) is 0 Å². The molecule has 1 saturated heterocycles. The number of carbonyl (C=O) groups is 1. The Morgan fingerprint density at radius 3 is 2.53 bits per heavy atom. The number of ether oxygens (including phenoxy) is 1. The molecular weight excluding hydrogens is 374 g/mol. The van der Waals surface area contributed by atoms with Crippen LogP contribution in [0, 0.1) is 0 Å². The third kappa shape index (κ3) is 4.29. The summed E-state index contributed by atoms with van der Waals surface area (Å²) in [5.41, 5.74) is 0.499. The Morgan fingerprint density at radius 1 is 1.32 bits per heavy atom. The predicted molar refractivity (Wildman–Crippen MR) is 82.4 cm³/mol. The summed E-state index contributed by atoms with van der Waals surface area (Å²) in [5, 5.41) is 3.08. The Morgan fingerprint density at radius 2 is 1.95 bits per heavy atom. The zero-order chi connectivity index (χ0) is 14.0. The molecule has 1 aliphatic rings. The number of benzene rings is 1. The number of rotatable bonds is 2. The molecule has 0 aliphatic carbocycles. The van der Waals surface area contributed by atoms with Crippen molar-refractivity contribution in [3.05, 3.63) is 32.7 Å². The topological polar surface area (TPSA) is 38.3 Å². The lowest BCUT2D eigenvalue weighted by molar-refractivity contribution is -0.0615. The standard InChI is InChI=1S/C14H17Br2NO2/c1-14(2)8-12(3-4-19-14)17-13(18)9-5-10(15)7-11(16)6-9/h5-7,12H,3-4,8H2,1-2H3,(H,17,18). The average molecular weight is 391 g/mol. The summed E-state index contributed by atoms with van der Waals surface area (Å²) < 4.78 is 7.43. The molecule has 104 valence electrons. The summed E-state index contributed by atoms with van der Waals surface area (Å²) in [7, 11) is 0. The van der Waals surface area contributed by atoms with Gasteiger partial charge < -0.3 is 10.1 Å². The fourth-order valence-electron chi connectivity index (χ4n) is 2.31. The van der Waals surface area contributed by atoms with E-state index in [1.165, 1.54) is 0 Å². The van der Waals surface area contributed by atoms with Gasteiger partial charge in [0.2, 0.25) is 0 Å². The minimum Gasteiger partial charge on any atom is -0.375 e. The van der Waals surface area contributed by atoms with Crippen molar-refractivity contribution in [1.82, 2.24) is 5.32 Å². The van der Waals surface area contributed by atoms with E-state index in [1.54, 1.807) is 0 Å². The first-order chi connectivity index (χ1) is 8.85. The summed E-state index contributed by atoms with van der Waals surface area (Å²) in [5.74, 6) is -0.0373. The summed E-state index contributed by atoms with van der Waals surface area (Å²) in [4.78, 5) is 12.2. The molecule has 0 spiro atoms. The molecule has 0 bridgehead atoms. The quantitative estimate of drug-likeness (QED) is 0.831. The van der Waals surface area contributed by atoms with E-state index in [9.17, 15) is 4.79 Å². The highest BCUT2D eigenvalue weighted by Crippen LogP contribution is 2.25. The van der Waals surface area contributed by atoms with Crippen LogP contribution in [-0.2, 0) is 4.74 Å². The number of nitrogens with one attached hydrogen (secondary N) is 1. The van der Waals surface area contributed by atoms with Crippen LogP contribution < -0.4 is 5.32 Å². The lowest BCUT2D eigenvalue weighted by Gasteiger charge is -2.35. The van der Waals surface area contributed by atoms with E-state index < -0.39 is 0 Å². The molecule has 0 radical (unpaired) electrons. The zero-order valence-electron chi connectivity index (χ0n) is 11.0. The lowest BCUT2D eigenvalue weighted by Crippen LogP contribution is -2.45. The van der Waals surface area contributed by atoms with Gasteiger partial charge in [-0.25, -0.2) is 0 Å². The Kier molecular flexibility index (Phi) is 4.69. The summed E-state index contributed by atoms with van der Waals surface area (Å²) >= 11 is 6.79. The van der Waals surface area contributed by atoms with Gasteiger partial charge in [-0.2, -0.15) is 0 Å². The minimum absolute atomic E-state index is 0.0373. The maximum Gasteiger partial charge on any atom is 0.251 e. The molecule has 1 amide bonds. The van der Waals surface area contributed by atoms with Crippen LogP contribution in [0.2, 0.25) is 0 Å². The maximum atomic E-state index is 12.2. The molecule has 1 N–H and O–H groups in total. The van der Waals surface area contributed by atoms with E-state index in [4.69, 9.17) is 4.74 Å². The van der Waals surface area contributed by atoms with Crippen LogP contribution >= 0.6 is 31.9 Å². The number of carbonyl (C=O) groups excluding carboxylic acids is 1. The van der Waals surface area contributed by atoms with Crippen molar-refractivity contribution < 1.29 is 9.53 Å². The smallest absolute Gasteiger partial charge is 0.251 e. The zero-order valence-corrected chi connectivity index (χ0v) is 14.2. The van der Waals surface area contributed by atoms with E-state index in [0.717, 1.165) is 21.8 Å². The fourth-order valence-corrected chi connectivity index (χ4v) is 3.60. The van der Waals surface area contributed by atoms with Gasteiger partial charge in [-0.05, 0) is 44.9 Å². The van der Waals surface area contributed by atoms with Crippen molar-refractivity contribution in [1.29, 1.82) is 0 Å². The molecule has 0 saturated carbocycles. The van der Waals surface area contributed by atoms with Crippen molar-refractivity contribution in [2.45, 2.75) is 38.3 Å². The van der Waals surface area contributed by atoms with Gasteiger partial charge in [0, 0.05) is 27.2 Å². The lowest BCUT2D eigenvalue weighted by atomic mass is 9.94. The van der Waals surface area contributed by atoms with Crippen LogP contribution in [0.4, 0.5) is 0 Å². The SMILES string of the molecule is CC1(C)CC(NC(=O)c2cc(Br)cc(Br)c2)CCO1. The van der Waals surface area contributed by atoms with E-state index in [2.05, 4.69) is 51.0 Å². The highest BCUT2D eigenvalue weighted by molar-refractivity contribution is 9.11. The molecule has 1 heterocycles. The second kappa shape index (κ2) is 5.94. The van der Waals surface area contributed by atoms with Gasteiger partial charge in [0.1, 0.15) is 0 Å². The Balaban J connectivity index is 2.04. The third-order valence-electron chi connectivity index (χ3n) is 3.16. The molecule has 5 heteroatoms. The van der Waals surface area contributed by atoms with E-state index in [0.29, 0.717) is 12.2 Å². The van der Waals surface area contributed by atoms with Gasteiger partial charge in [0.25, 0.3) is 5.91 Å². The van der Waals surface area contributed by atoms with Crippen molar-refractivity contribution in [3.63, 3.8) is 0 Å². The van der Waals surface area contributed by atoms with E-state index >= 15 is 0 Å². The van der Waals surface area contributed by atoms with Crippen LogP contribution in [0.5, 0.6) is 0 Å². The highest BCUT2D eigenvalue weighted by Gasteiger charge is 2.29. The second-order valence-corrected chi connectivity index (χ2v) is 7.26. The first-order valence-corrected chi connectivity index (χ1v) is 7.85. The number of amides is 1. The fraction of sp³-hybridized carbons (Fsp3) is 0.500. The van der Waals surface area contributed by atoms with Crippen LogP contribution in [0.3, 0.4) is 0 Å². The molecule has 1 unspecified atom stereocenters. The van der Waals surface area contributed by atoms with Gasteiger partial charge in [-0.3, -0.25) is 4.79 Å². The van der Waals surface area contributed by atoms with Crippen molar-refractivity contribution in [2.24, 2.45) is 0 Å². The van der Waals surface area contributed by atoms with Crippen molar-refractivity contribution in [2.75, 3.05) is 6.61 Å². The van der Waals surface area contributed by atoms with Gasteiger partial charge >= 0.3 is 0 Å². The molecule has 19 heavy (non-hydrogen) atoms. The molecule has 1 fully saturated rings. The molecule has 1 aromatic rings. The second-order valence-electron chi connectivity index (χ2n) is 5.43. The average Bonchev–Trinajstić information content (AvgIpc) is 2.26. The monoisotopic (exact) mass is 389 g/mol. The molecule has 3 nitrogen and oxygen atoms in total. The number of hydrogen-bond acceptors (Lipinski definition) is 2. The third-order valence-corrected chi connectivity index (χ3v) is 4.07. The number of hydrogen-bond donors (Lipinski definition) is 1. The van der Waals surface area contributed by atoms with Gasteiger partial charge in [-0.1, -0.05) is 31.9 Å². The largest absolute Gasteiger partial charge is 0.375 e. The molecule has 1 aromatic carbocycles. The first-order valence-electron chi connectivity index (χ1n) is 6.27. The van der Waals surface area contributed by atoms with Crippen LogP contribution in [0.25, 0.3) is 0 Å². The van der Waals surface area contributed by atoms with Crippen molar-refractivity contribution >= 4 is 37.8 Å². The summed E-state index contributed by atoms with van der Waals surface area (Å²) in [6, 6.07) is 5.73. The van der Waals surface area contributed by atoms with Crippen LogP contribution in [0.1, 0.15) is 37.0 Å². The van der Waals surface area contributed by atoms with Crippen LogP contribution in [0.15, 0.2) is 27.1 Å². The van der Waals surface area contributed by atoms with Crippen LogP contribution in [-0.4, -0.2) is 24.2 Å². The minimum atomic E-state index is -0.159.